The van der Waals surface area contributed by atoms with Gasteiger partial charge in [0.25, 0.3) is 5.91 Å². The number of hydrogen-bond acceptors (Lipinski definition) is 3. The minimum absolute atomic E-state index is 0.0415. The molecule has 2 aromatic carbocycles. The van der Waals surface area contributed by atoms with Crippen LogP contribution in [0.1, 0.15) is 22.3 Å². The summed E-state index contributed by atoms with van der Waals surface area (Å²) in [6.07, 6.45) is 1.62. The molecule has 0 aromatic heterocycles. The summed E-state index contributed by atoms with van der Waals surface area (Å²) in [5.74, 6) is -0.483. The molecule has 2 amide bonds. The molecule has 2 aromatic rings. The molecule has 2 N–H and O–H groups in total. The Balaban J connectivity index is 1.50. The van der Waals surface area contributed by atoms with E-state index < -0.39 is 0 Å². The molecule has 0 aliphatic carbocycles. The first-order chi connectivity index (χ1) is 12.6. The van der Waals surface area contributed by atoms with Gasteiger partial charge in [-0.05, 0) is 36.6 Å². The number of hydrogen-bond donors (Lipinski definition) is 2. The maximum Gasteiger partial charge on any atom is 0.251 e. The van der Waals surface area contributed by atoms with Crippen LogP contribution in [0.4, 0.5) is 0 Å². The second-order valence-electron chi connectivity index (χ2n) is 5.74. The number of halogens is 1. The van der Waals surface area contributed by atoms with Crippen LogP contribution in [0.15, 0.2) is 59.1 Å². The van der Waals surface area contributed by atoms with Crippen LogP contribution in [0.2, 0.25) is 0 Å². The van der Waals surface area contributed by atoms with Crippen LogP contribution in [0.3, 0.4) is 0 Å². The Hall–Kier alpha value is -2.18. The molecular formula is C20H23BrN2O3. The molecule has 6 heteroatoms. The van der Waals surface area contributed by atoms with Gasteiger partial charge in [0.15, 0.2) is 0 Å². The molecule has 0 spiro atoms. The molecule has 0 bridgehead atoms. The number of benzene rings is 2. The lowest BCUT2D eigenvalue weighted by molar-refractivity contribution is -0.120. The highest BCUT2D eigenvalue weighted by Crippen LogP contribution is 2.11. The first kappa shape index (κ1) is 20.1. The van der Waals surface area contributed by atoms with Crippen molar-refractivity contribution in [3.05, 3.63) is 70.2 Å². The highest BCUT2D eigenvalue weighted by molar-refractivity contribution is 9.10. The van der Waals surface area contributed by atoms with Crippen LogP contribution in [0.5, 0.6) is 0 Å². The van der Waals surface area contributed by atoms with Gasteiger partial charge in [-0.15, -0.1) is 0 Å². The van der Waals surface area contributed by atoms with E-state index in [0.29, 0.717) is 25.3 Å². The van der Waals surface area contributed by atoms with Crippen molar-refractivity contribution in [1.82, 2.24) is 10.6 Å². The first-order valence-corrected chi connectivity index (χ1v) is 9.36. The number of ether oxygens (including phenoxy) is 1. The highest BCUT2D eigenvalue weighted by atomic mass is 79.9. The molecule has 138 valence electrons. The molecule has 0 saturated heterocycles. The van der Waals surface area contributed by atoms with Gasteiger partial charge in [0.05, 0.1) is 13.2 Å². The first-order valence-electron chi connectivity index (χ1n) is 8.57. The second kappa shape index (κ2) is 11.4. The summed E-state index contributed by atoms with van der Waals surface area (Å²) < 4.78 is 6.38. The maximum atomic E-state index is 11.9. The predicted molar refractivity (Wildman–Crippen MR) is 105 cm³/mol. The van der Waals surface area contributed by atoms with Crippen molar-refractivity contribution >= 4 is 27.7 Å². The molecule has 0 heterocycles. The van der Waals surface area contributed by atoms with Crippen LogP contribution in [-0.2, 0) is 16.0 Å². The van der Waals surface area contributed by atoms with Crippen LogP contribution >= 0.6 is 15.9 Å². The zero-order valence-corrected chi connectivity index (χ0v) is 16.1. The monoisotopic (exact) mass is 418 g/mol. The smallest absolute Gasteiger partial charge is 0.251 e. The number of carbonyl (C=O) groups is 2. The van der Waals surface area contributed by atoms with Gasteiger partial charge in [0, 0.05) is 23.2 Å². The maximum absolute atomic E-state index is 11.9. The van der Waals surface area contributed by atoms with Gasteiger partial charge in [0.1, 0.15) is 0 Å². The summed E-state index contributed by atoms with van der Waals surface area (Å²) in [6, 6.07) is 17.2. The average molecular weight is 419 g/mol. The fraction of sp³-hybridized carbons (Fsp3) is 0.300. The average Bonchev–Trinajstić information content (AvgIpc) is 2.66. The number of carbonyl (C=O) groups excluding carboxylic acids is 2. The summed E-state index contributed by atoms with van der Waals surface area (Å²) in [6.45, 7) is 1.75. The summed E-state index contributed by atoms with van der Waals surface area (Å²) in [5, 5.41) is 5.37. The summed E-state index contributed by atoms with van der Waals surface area (Å²) >= 11 is 3.31. The molecule has 0 atom stereocenters. The van der Waals surface area contributed by atoms with Crippen molar-refractivity contribution in [1.29, 1.82) is 0 Å². The summed E-state index contributed by atoms with van der Waals surface area (Å²) in [5.41, 5.74) is 1.76. The van der Waals surface area contributed by atoms with Gasteiger partial charge >= 0.3 is 0 Å². The fourth-order valence-corrected chi connectivity index (χ4v) is 2.69. The van der Waals surface area contributed by atoms with E-state index in [-0.39, 0.29) is 18.4 Å². The Morgan fingerprint density at radius 3 is 2.54 bits per heavy atom. The van der Waals surface area contributed by atoms with Crippen molar-refractivity contribution in [2.45, 2.75) is 12.8 Å². The summed E-state index contributed by atoms with van der Waals surface area (Å²) in [4.78, 5) is 23.7. The van der Waals surface area contributed by atoms with Crippen molar-refractivity contribution in [2.75, 3.05) is 26.3 Å². The minimum atomic E-state index is -0.273. The molecule has 26 heavy (non-hydrogen) atoms. The molecule has 0 unspecified atom stereocenters. The topological polar surface area (TPSA) is 67.4 Å². The Kier molecular flexibility index (Phi) is 8.86. The van der Waals surface area contributed by atoms with E-state index in [4.69, 9.17) is 4.74 Å². The third-order valence-electron chi connectivity index (χ3n) is 3.66. The van der Waals surface area contributed by atoms with Gasteiger partial charge < -0.3 is 15.4 Å². The van der Waals surface area contributed by atoms with Crippen LogP contribution in [-0.4, -0.2) is 38.1 Å². The molecule has 5 nitrogen and oxygen atoms in total. The largest absolute Gasteiger partial charge is 0.381 e. The van der Waals surface area contributed by atoms with Crippen molar-refractivity contribution in [3.63, 3.8) is 0 Å². The molecular weight excluding hydrogens is 396 g/mol. The van der Waals surface area contributed by atoms with Gasteiger partial charge in [-0.25, -0.2) is 0 Å². The van der Waals surface area contributed by atoms with Crippen molar-refractivity contribution < 1.29 is 14.3 Å². The van der Waals surface area contributed by atoms with Crippen molar-refractivity contribution in [3.8, 4) is 0 Å². The Bertz CT molecular complexity index is 707. The minimum Gasteiger partial charge on any atom is -0.381 e. The standard InChI is InChI=1S/C20H23BrN2O3/c21-18-9-4-8-17(14-18)20(25)23-15-19(24)22-11-5-12-26-13-10-16-6-2-1-3-7-16/h1-4,6-9,14H,5,10-13,15H2,(H,22,24)(H,23,25). The fourth-order valence-electron chi connectivity index (χ4n) is 2.29. The second-order valence-corrected chi connectivity index (χ2v) is 6.66. The Morgan fingerprint density at radius 1 is 0.962 bits per heavy atom. The highest BCUT2D eigenvalue weighted by Gasteiger charge is 2.07. The Labute approximate surface area is 162 Å². The predicted octanol–water partition coefficient (Wildman–Crippen LogP) is 2.94. The van der Waals surface area contributed by atoms with Gasteiger partial charge in [-0.1, -0.05) is 52.3 Å². The van der Waals surface area contributed by atoms with Crippen LogP contribution in [0, 0.1) is 0 Å². The molecule has 0 aliphatic heterocycles. The van der Waals surface area contributed by atoms with E-state index >= 15 is 0 Å². The molecule has 0 aliphatic rings. The molecule has 0 fully saturated rings. The molecule has 0 radical (unpaired) electrons. The number of rotatable bonds is 10. The number of nitrogens with one attached hydrogen (secondary N) is 2. The lowest BCUT2D eigenvalue weighted by Crippen LogP contribution is -2.37. The van der Waals surface area contributed by atoms with Crippen LogP contribution in [0.25, 0.3) is 0 Å². The molecule has 0 saturated carbocycles. The van der Waals surface area contributed by atoms with E-state index in [1.54, 1.807) is 18.2 Å². The van der Waals surface area contributed by atoms with E-state index in [1.165, 1.54) is 5.56 Å². The van der Waals surface area contributed by atoms with Crippen molar-refractivity contribution in [2.24, 2.45) is 0 Å². The quantitative estimate of drug-likeness (QED) is 0.582. The third-order valence-corrected chi connectivity index (χ3v) is 4.16. The van der Waals surface area contributed by atoms with E-state index in [1.807, 2.05) is 24.3 Å². The van der Waals surface area contributed by atoms with Gasteiger partial charge in [0.2, 0.25) is 5.91 Å². The normalized spacial score (nSPS) is 10.3. The SMILES string of the molecule is O=C(CNC(=O)c1cccc(Br)c1)NCCCOCCc1ccccc1. The lowest BCUT2D eigenvalue weighted by atomic mass is 10.2. The lowest BCUT2D eigenvalue weighted by Gasteiger charge is -2.08. The zero-order chi connectivity index (χ0) is 18.6. The van der Waals surface area contributed by atoms with E-state index in [9.17, 15) is 9.59 Å². The van der Waals surface area contributed by atoms with Crippen LogP contribution < -0.4 is 10.6 Å². The van der Waals surface area contributed by atoms with Gasteiger partial charge in [-0.2, -0.15) is 0 Å². The zero-order valence-electron chi connectivity index (χ0n) is 14.5. The molecule has 2 rings (SSSR count). The van der Waals surface area contributed by atoms with Gasteiger partial charge in [-0.3, -0.25) is 9.59 Å². The van der Waals surface area contributed by atoms with E-state index in [0.717, 1.165) is 17.3 Å². The van der Waals surface area contributed by atoms with E-state index in [2.05, 4.69) is 38.7 Å². The Morgan fingerprint density at radius 2 is 1.77 bits per heavy atom. The number of amides is 2. The third kappa shape index (κ3) is 7.80. The summed E-state index contributed by atoms with van der Waals surface area (Å²) in [7, 11) is 0.